The standard InChI is InChI=1S/C14H20N2O2/c1-16(2)14(17)9-18-11-7-6-10-4-3-5-13(15)12(10)8-11/h6-8,13H,3-5,9,15H2,1-2H3/t13-/m1/s1. The normalized spacial score (nSPS) is 18.1. The van der Waals surface area contributed by atoms with E-state index in [1.54, 1.807) is 14.1 Å². The van der Waals surface area contributed by atoms with Gasteiger partial charge in [-0.3, -0.25) is 4.79 Å². The molecule has 0 unspecified atom stereocenters. The van der Waals surface area contributed by atoms with Gasteiger partial charge in [0.25, 0.3) is 5.91 Å². The van der Waals surface area contributed by atoms with Crippen LogP contribution in [0, 0.1) is 0 Å². The van der Waals surface area contributed by atoms with Crippen molar-refractivity contribution in [3.8, 4) is 5.75 Å². The first-order chi connectivity index (χ1) is 8.58. The lowest BCUT2D eigenvalue weighted by Gasteiger charge is -2.22. The summed E-state index contributed by atoms with van der Waals surface area (Å²) in [5.41, 5.74) is 8.56. The Balaban J connectivity index is 2.06. The Hall–Kier alpha value is -1.55. The number of fused-ring (bicyclic) bond motifs is 1. The van der Waals surface area contributed by atoms with Gasteiger partial charge in [-0.15, -0.1) is 0 Å². The first-order valence-electron chi connectivity index (χ1n) is 6.29. The van der Waals surface area contributed by atoms with E-state index >= 15 is 0 Å². The third-order valence-corrected chi connectivity index (χ3v) is 3.34. The first-order valence-corrected chi connectivity index (χ1v) is 6.29. The van der Waals surface area contributed by atoms with Crippen molar-refractivity contribution in [2.75, 3.05) is 20.7 Å². The van der Waals surface area contributed by atoms with Crippen molar-refractivity contribution in [2.24, 2.45) is 5.73 Å². The minimum atomic E-state index is -0.0444. The lowest BCUT2D eigenvalue weighted by molar-refractivity contribution is -0.130. The van der Waals surface area contributed by atoms with Gasteiger partial charge in [-0.2, -0.15) is 0 Å². The van der Waals surface area contributed by atoms with E-state index in [4.69, 9.17) is 10.5 Å². The Morgan fingerprint density at radius 1 is 1.50 bits per heavy atom. The fraction of sp³-hybridized carbons (Fsp3) is 0.500. The van der Waals surface area contributed by atoms with Crippen LogP contribution in [0.15, 0.2) is 18.2 Å². The van der Waals surface area contributed by atoms with Gasteiger partial charge in [0.2, 0.25) is 0 Å². The number of likely N-dealkylation sites (N-methyl/N-ethyl adjacent to an activating group) is 1. The van der Waals surface area contributed by atoms with Crippen LogP contribution in [0.5, 0.6) is 5.75 Å². The van der Waals surface area contributed by atoms with Gasteiger partial charge in [0.05, 0.1) is 0 Å². The van der Waals surface area contributed by atoms with Crippen molar-refractivity contribution < 1.29 is 9.53 Å². The summed E-state index contributed by atoms with van der Waals surface area (Å²) in [6.45, 7) is 0.0705. The minimum Gasteiger partial charge on any atom is -0.484 e. The SMILES string of the molecule is CN(C)C(=O)COc1ccc2c(c1)[C@H](N)CCC2. The van der Waals surface area contributed by atoms with Gasteiger partial charge in [-0.1, -0.05) is 6.07 Å². The quantitative estimate of drug-likeness (QED) is 0.881. The highest BCUT2D eigenvalue weighted by Gasteiger charge is 2.17. The maximum atomic E-state index is 11.4. The fourth-order valence-corrected chi connectivity index (χ4v) is 2.18. The molecule has 1 aliphatic rings. The summed E-state index contributed by atoms with van der Waals surface area (Å²) in [5.74, 6) is 0.679. The molecule has 0 radical (unpaired) electrons. The number of rotatable bonds is 3. The van der Waals surface area contributed by atoms with Crippen LogP contribution in [0.2, 0.25) is 0 Å². The van der Waals surface area contributed by atoms with E-state index in [2.05, 4.69) is 6.07 Å². The molecule has 1 amide bonds. The highest BCUT2D eigenvalue weighted by Crippen LogP contribution is 2.30. The number of aryl methyl sites for hydroxylation is 1. The van der Waals surface area contributed by atoms with Crippen LogP contribution in [-0.2, 0) is 11.2 Å². The Kier molecular flexibility index (Phi) is 3.87. The zero-order chi connectivity index (χ0) is 13.1. The van der Waals surface area contributed by atoms with Crippen molar-refractivity contribution in [1.29, 1.82) is 0 Å². The number of amides is 1. The van der Waals surface area contributed by atoms with Crippen molar-refractivity contribution >= 4 is 5.91 Å². The molecule has 1 aromatic carbocycles. The second-order valence-corrected chi connectivity index (χ2v) is 4.94. The number of nitrogens with zero attached hydrogens (tertiary/aromatic N) is 1. The van der Waals surface area contributed by atoms with E-state index in [0.29, 0.717) is 0 Å². The predicted molar refractivity (Wildman–Crippen MR) is 70.5 cm³/mol. The monoisotopic (exact) mass is 248 g/mol. The molecule has 0 aliphatic heterocycles. The van der Waals surface area contributed by atoms with Crippen LogP contribution >= 0.6 is 0 Å². The summed E-state index contributed by atoms with van der Waals surface area (Å²) in [6.07, 6.45) is 3.25. The van der Waals surface area contributed by atoms with Gasteiger partial charge < -0.3 is 15.4 Å². The topological polar surface area (TPSA) is 55.6 Å². The molecule has 2 N–H and O–H groups in total. The predicted octanol–water partition coefficient (Wildman–Crippen LogP) is 1.49. The van der Waals surface area contributed by atoms with Crippen molar-refractivity contribution in [3.05, 3.63) is 29.3 Å². The molecule has 0 fully saturated rings. The molecule has 4 nitrogen and oxygen atoms in total. The minimum absolute atomic E-state index is 0.0444. The second-order valence-electron chi connectivity index (χ2n) is 4.94. The highest BCUT2D eigenvalue weighted by atomic mass is 16.5. The summed E-state index contributed by atoms with van der Waals surface area (Å²) >= 11 is 0. The Morgan fingerprint density at radius 3 is 3.00 bits per heavy atom. The van der Waals surface area contributed by atoms with E-state index in [9.17, 15) is 4.79 Å². The maximum absolute atomic E-state index is 11.4. The molecule has 18 heavy (non-hydrogen) atoms. The average Bonchev–Trinajstić information content (AvgIpc) is 2.36. The second kappa shape index (κ2) is 5.40. The van der Waals surface area contributed by atoms with Gasteiger partial charge >= 0.3 is 0 Å². The molecule has 98 valence electrons. The molecule has 0 saturated carbocycles. The number of carbonyl (C=O) groups is 1. The molecule has 0 bridgehead atoms. The van der Waals surface area contributed by atoms with Crippen molar-refractivity contribution in [1.82, 2.24) is 4.90 Å². The van der Waals surface area contributed by atoms with Crippen LogP contribution in [0.4, 0.5) is 0 Å². The molecular formula is C14H20N2O2. The molecule has 0 spiro atoms. The molecule has 1 atom stereocenters. The molecule has 2 rings (SSSR count). The number of carbonyl (C=O) groups excluding carboxylic acids is 1. The highest BCUT2D eigenvalue weighted by molar-refractivity contribution is 5.77. The fourth-order valence-electron chi connectivity index (χ4n) is 2.18. The van der Waals surface area contributed by atoms with Gasteiger partial charge in [-0.25, -0.2) is 0 Å². The molecule has 0 aromatic heterocycles. The van der Waals surface area contributed by atoms with Gasteiger partial charge in [-0.05, 0) is 42.5 Å². The maximum Gasteiger partial charge on any atom is 0.259 e. The van der Waals surface area contributed by atoms with Crippen LogP contribution in [0.25, 0.3) is 0 Å². The van der Waals surface area contributed by atoms with Crippen LogP contribution in [0.1, 0.15) is 30.0 Å². The number of hydrogen-bond donors (Lipinski definition) is 1. The summed E-state index contributed by atoms with van der Waals surface area (Å²) in [5, 5.41) is 0. The lowest BCUT2D eigenvalue weighted by Crippen LogP contribution is -2.27. The number of benzene rings is 1. The summed E-state index contributed by atoms with van der Waals surface area (Å²) in [4.78, 5) is 13.0. The van der Waals surface area contributed by atoms with E-state index in [-0.39, 0.29) is 18.6 Å². The van der Waals surface area contributed by atoms with Gasteiger partial charge in [0, 0.05) is 20.1 Å². The zero-order valence-electron chi connectivity index (χ0n) is 11.0. The smallest absolute Gasteiger partial charge is 0.259 e. The molecule has 0 saturated heterocycles. The molecule has 1 aliphatic carbocycles. The average molecular weight is 248 g/mol. The molecule has 0 heterocycles. The van der Waals surface area contributed by atoms with Gasteiger partial charge in [0.1, 0.15) is 5.75 Å². The Bertz CT molecular complexity index is 443. The number of hydrogen-bond acceptors (Lipinski definition) is 3. The third-order valence-electron chi connectivity index (χ3n) is 3.34. The number of nitrogens with two attached hydrogens (primary N) is 1. The van der Waals surface area contributed by atoms with E-state index < -0.39 is 0 Å². The van der Waals surface area contributed by atoms with E-state index in [0.717, 1.165) is 30.6 Å². The largest absolute Gasteiger partial charge is 0.484 e. The molecular weight excluding hydrogens is 228 g/mol. The summed E-state index contributed by atoms with van der Waals surface area (Å²) < 4.78 is 5.50. The van der Waals surface area contributed by atoms with Crippen molar-refractivity contribution in [2.45, 2.75) is 25.3 Å². The molecule has 4 heteroatoms. The Labute approximate surface area is 108 Å². The Morgan fingerprint density at radius 2 is 2.28 bits per heavy atom. The van der Waals surface area contributed by atoms with Gasteiger partial charge in [0.15, 0.2) is 6.61 Å². The van der Waals surface area contributed by atoms with Crippen LogP contribution < -0.4 is 10.5 Å². The third kappa shape index (κ3) is 2.82. The first kappa shape index (κ1) is 12.9. The zero-order valence-corrected chi connectivity index (χ0v) is 11.0. The van der Waals surface area contributed by atoms with E-state index in [1.807, 2.05) is 12.1 Å². The lowest BCUT2D eigenvalue weighted by atomic mass is 9.88. The van der Waals surface area contributed by atoms with Crippen molar-refractivity contribution in [3.63, 3.8) is 0 Å². The molecule has 1 aromatic rings. The van der Waals surface area contributed by atoms with Crippen LogP contribution in [-0.4, -0.2) is 31.5 Å². The summed E-state index contributed by atoms with van der Waals surface area (Å²) in [6, 6.07) is 6.05. The number of ether oxygens (including phenoxy) is 1. The van der Waals surface area contributed by atoms with Crippen LogP contribution in [0.3, 0.4) is 0 Å². The summed E-state index contributed by atoms with van der Waals surface area (Å²) in [7, 11) is 3.43. The van der Waals surface area contributed by atoms with E-state index in [1.165, 1.54) is 10.5 Å².